The van der Waals surface area contributed by atoms with Gasteiger partial charge in [0.2, 0.25) is 0 Å². The number of aryl methyl sites for hydroxylation is 1. The zero-order chi connectivity index (χ0) is 14.2. The van der Waals surface area contributed by atoms with Gasteiger partial charge in [0.1, 0.15) is 16.5 Å². The smallest absolute Gasteiger partial charge is 0.266 e. The molecule has 0 aliphatic heterocycles. The maximum Gasteiger partial charge on any atom is 0.266 e. The molecule has 102 valence electrons. The van der Waals surface area contributed by atoms with Crippen LogP contribution in [0.25, 0.3) is 0 Å². The molecular formula is C10H10F2N4O2S. The van der Waals surface area contributed by atoms with Crippen molar-refractivity contribution >= 4 is 21.5 Å². The third kappa shape index (κ3) is 2.50. The largest absolute Gasteiger partial charge is 0.394 e. The topological polar surface area (TPSA) is 90.0 Å². The van der Waals surface area contributed by atoms with Gasteiger partial charge in [-0.3, -0.25) is 9.40 Å². The van der Waals surface area contributed by atoms with Gasteiger partial charge >= 0.3 is 0 Å². The van der Waals surface area contributed by atoms with Gasteiger partial charge in [-0.25, -0.2) is 17.2 Å². The molecule has 0 saturated carbocycles. The van der Waals surface area contributed by atoms with Crippen LogP contribution in [0.15, 0.2) is 29.3 Å². The van der Waals surface area contributed by atoms with Crippen molar-refractivity contribution in [3.8, 4) is 0 Å². The minimum Gasteiger partial charge on any atom is -0.394 e. The summed E-state index contributed by atoms with van der Waals surface area (Å²) in [5.74, 6) is -1.95. The second-order valence-electron chi connectivity index (χ2n) is 3.75. The lowest BCUT2D eigenvalue weighted by molar-refractivity contribution is 0.555. The van der Waals surface area contributed by atoms with E-state index < -0.39 is 26.6 Å². The second-order valence-corrected chi connectivity index (χ2v) is 5.40. The van der Waals surface area contributed by atoms with E-state index in [2.05, 4.69) is 9.82 Å². The third-order valence-electron chi connectivity index (χ3n) is 2.38. The van der Waals surface area contributed by atoms with Crippen LogP contribution >= 0.6 is 0 Å². The summed E-state index contributed by atoms with van der Waals surface area (Å²) in [7, 11) is -2.83. The first-order valence-corrected chi connectivity index (χ1v) is 6.55. The summed E-state index contributed by atoms with van der Waals surface area (Å²) in [6.07, 6.45) is 1.24. The Morgan fingerprint density at radius 2 is 2.05 bits per heavy atom. The Morgan fingerprint density at radius 3 is 2.63 bits per heavy atom. The van der Waals surface area contributed by atoms with Crippen LogP contribution in [-0.2, 0) is 17.1 Å². The number of hydrogen-bond donors (Lipinski definition) is 2. The number of benzene rings is 1. The fourth-order valence-corrected chi connectivity index (χ4v) is 2.65. The predicted molar refractivity (Wildman–Crippen MR) is 64.8 cm³/mol. The highest BCUT2D eigenvalue weighted by Crippen LogP contribution is 2.23. The number of halogens is 2. The monoisotopic (exact) mass is 288 g/mol. The fraction of sp³-hybridized carbons (Fsp3) is 0.100. The molecule has 0 unspecified atom stereocenters. The number of hydrogen-bond acceptors (Lipinski definition) is 4. The summed E-state index contributed by atoms with van der Waals surface area (Å²) in [4.78, 5) is -0.798. The van der Waals surface area contributed by atoms with Gasteiger partial charge in [0.05, 0.1) is 11.9 Å². The van der Waals surface area contributed by atoms with Crippen molar-refractivity contribution in [1.29, 1.82) is 0 Å². The first-order chi connectivity index (χ1) is 8.81. The Morgan fingerprint density at radius 1 is 1.37 bits per heavy atom. The van der Waals surface area contributed by atoms with Crippen LogP contribution < -0.4 is 10.5 Å². The number of anilines is 2. The molecule has 0 spiro atoms. The van der Waals surface area contributed by atoms with Crippen LogP contribution in [-0.4, -0.2) is 18.2 Å². The van der Waals surface area contributed by atoms with Crippen molar-refractivity contribution in [1.82, 2.24) is 9.78 Å². The van der Waals surface area contributed by atoms with Crippen molar-refractivity contribution in [2.45, 2.75) is 4.90 Å². The molecule has 0 saturated heterocycles. The van der Waals surface area contributed by atoms with Crippen LogP contribution in [0.1, 0.15) is 0 Å². The Hall–Kier alpha value is -2.16. The normalized spacial score (nSPS) is 11.5. The predicted octanol–water partition coefficient (Wildman–Crippen LogP) is 1.08. The van der Waals surface area contributed by atoms with E-state index >= 15 is 0 Å². The van der Waals surface area contributed by atoms with Crippen molar-refractivity contribution in [2.75, 3.05) is 10.5 Å². The lowest BCUT2D eigenvalue weighted by atomic mass is 10.3. The Balaban J connectivity index is 2.47. The number of nitrogens with zero attached hydrogens (tertiary/aromatic N) is 2. The molecule has 2 aromatic rings. The van der Waals surface area contributed by atoms with E-state index in [1.54, 1.807) is 0 Å². The van der Waals surface area contributed by atoms with Gasteiger partial charge in [-0.05, 0) is 18.2 Å². The van der Waals surface area contributed by atoms with Gasteiger partial charge < -0.3 is 5.73 Å². The highest BCUT2D eigenvalue weighted by molar-refractivity contribution is 7.92. The molecule has 19 heavy (non-hydrogen) atoms. The molecule has 6 nitrogen and oxygen atoms in total. The summed E-state index contributed by atoms with van der Waals surface area (Å²) in [6, 6.07) is 2.15. The van der Waals surface area contributed by atoms with Crippen molar-refractivity contribution < 1.29 is 17.2 Å². The molecule has 1 aromatic carbocycles. The second kappa shape index (κ2) is 4.50. The summed E-state index contributed by atoms with van der Waals surface area (Å²) < 4.78 is 53.6. The maximum absolute atomic E-state index is 13.5. The van der Waals surface area contributed by atoms with Crippen LogP contribution in [0.5, 0.6) is 0 Å². The van der Waals surface area contributed by atoms with Crippen LogP contribution in [0.4, 0.5) is 20.3 Å². The number of nitrogens with two attached hydrogens (primary N) is 1. The molecule has 3 N–H and O–H groups in total. The zero-order valence-corrected chi connectivity index (χ0v) is 10.6. The lowest BCUT2D eigenvalue weighted by Crippen LogP contribution is -2.17. The quantitative estimate of drug-likeness (QED) is 0.884. The van der Waals surface area contributed by atoms with Crippen LogP contribution in [0.3, 0.4) is 0 Å². The van der Waals surface area contributed by atoms with Crippen molar-refractivity contribution in [3.63, 3.8) is 0 Å². The van der Waals surface area contributed by atoms with Crippen molar-refractivity contribution in [2.24, 2.45) is 7.05 Å². The lowest BCUT2D eigenvalue weighted by Gasteiger charge is -2.09. The standard InChI is InChI=1S/C10H10F2N4O2S/c1-16-10(8(13)5-14-16)15-19(17,18)9-4-6(11)2-3-7(9)12/h2-5,15H,13H2,1H3. The van der Waals surface area contributed by atoms with Gasteiger partial charge in [0, 0.05) is 7.05 Å². The first kappa shape index (κ1) is 13.3. The van der Waals surface area contributed by atoms with Gasteiger partial charge in [0.25, 0.3) is 10.0 Å². The number of sulfonamides is 1. The summed E-state index contributed by atoms with van der Waals surface area (Å²) in [6.45, 7) is 0. The average molecular weight is 288 g/mol. The summed E-state index contributed by atoms with van der Waals surface area (Å²) >= 11 is 0. The Labute approximate surface area is 107 Å². The Bertz CT molecular complexity index is 708. The maximum atomic E-state index is 13.5. The summed E-state index contributed by atoms with van der Waals surface area (Å²) in [5.41, 5.74) is 5.59. The minimum atomic E-state index is -4.29. The van der Waals surface area contributed by atoms with E-state index in [9.17, 15) is 17.2 Å². The number of rotatable bonds is 3. The van der Waals surface area contributed by atoms with Gasteiger partial charge in [-0.2, -0.15) is 5.10 Å². The van der Waals surface area contributed by atoms with Crippen LogP contribution in [0, 0.1) is 11.6 Å². The van der Waals surface area contributed by atoms with E-state index in [-0.39, 0.29) is 11.5 Å². The highest BCUT2D eigenvalue weighted by atomic mass is 32.2. The molecule has 2 rings (SSSR count). The minimum absolute atomic E-state index is 0.0244. The molecule has 1 heterocycles. The Kier molecular flexibility index (Phi) is 3.14. The van der Waals surface area contributed by atoms with E-state index in [1.807, 2.05) is 0 Å². The van der Waals surface area contributed by atoms with Gasteiger partial charge in [-0.15, -0.1) is 0 Å². The number of nitrogen functional groups attached to an aromatic ring is 1. The highest BCUT2D eigenvalue weighted by Gasteiger charge is 2.22. The third-order valence-corrected chi connectivity index (χ3v) is 3.73. The molecular weight excluding hydrogens is 278 g/mol. The molecule has 1 aromatic heterocycles. The number of nitrogens with one attached hydrogen (secondary N) is 1. The van der Waals surface area contributed by atoms with Crippen LogP contribution in [0.2, 0.25) is 0 Å². The van der Waals surface area contributed by atoms with E-state index in [0.717, 1.165) is 12.1 Å². The van der Waals surface area contributed by atoms with Gasteiger partial charge in [-0.1, -0.05) is 0 Å². The molecule has 0 aliphatic rings. The van der Waals surface area contributed by atoms with E-state index in [1.165, 1.54) is 17.9 Å². The summed E-state index contributed by atoms with van der Waals surface area (Å²) in [5, 5.41) is 3.73. The zero-order valence-electron chi connectivity index (χ0n) is 9.76. The SMILES string of the molecule is Cn1ncc(N)c1NS(=O)(=O)c1cc(F)ccc1F. The number of aromatic nitrogens is 2. The molecule has 0 radical (unpaired) electrons. The van der Waals surface area contributed by atoms with E-state index in [4.69, 9.17) is 5.73 Å². The van der Waals surface area contributed by atoms with Gasteiger partial charge in [0.15, 0.2) is 5.82 Å². The average Bonchev–Trinajstić information content (AvgIpc) is 2.63. The molecule has 0 fully saturated rings. The molecule has 9 heteroatoms. The molecule has 0 atom stereocenters. The van der Waals surface area contributed by atoms with E-state index in [0.29, 0.717) is 6.07 Å². The molecule has 0 amide bonds. The first-order valence-electron chi connectivity index (χ1n) is 5.06. The fourth-order valence-electron chi connectivity index (χ4n) is 1.44. The van der Waals surface area contributed by atoms with Crippen molar-refractivity contribution in [3.05, 3.63) is 36.0 Å². The molecule has 0 bridgehead atoms. The molecule has 0 aliphatic carbocycles.